The molecule has 2 rings (SSSR count). The number of pyridine rings is 1. The summed E-state index contributed by atoms with van der Waals surface area (Å²) >= 11 is 1.48. The van der Waals surface area contributed by atoms with E-state index in [9.17, 15) is 9.18 Å². The molecule has 0 bridgehead atoms. The zero-order chi connectivity index (χ0) is 15.2. The van der Waals surface area contributed by atoms with Gasteiger partial charge in [0.1, 0.15) is 11.2 Å². The fraction of sp³-hybridized carbons (Fsp3) is 0.200. The molecule has 0 aliphatic rings. The quantitative estimate of drug-likeness (QED) is 0.875. The van der Waals surface area contributed by atoms with Gasteiger partial charge >= 0.3 is 6.03 Å². The third-order valence-corrected chi connectivity index (χ3v) is 3.96. The van der Waals surface area contributed by atoms with Gasteiger partial charge in [-0.15, -0.1) is 11.8 Å². The molecule has 1 aromatic carbocycles. The Hall–Kier alpha value is -2.08. The predicted molar refractivity (Wildman–Crippen MR) is 83.7 cm³/mol. The van der Waals surface area contributed by atoms with E-state index in [1.165, 1.54) is 28.8 Å². The average molecular weight is 305 g/mol. The summed E-state index contributed by atoms with van der Waals surface area (Å²) < 4.78 is 13.6. The van der Waals surface area contributed by atoms with Crippen molar-refractivity contribution in [2.24, 2.45) is 0 Å². The highest BCUT2D eigenvalue weighted by atomic mass is 32.2. The van der Waals surface area contributed by atoms with Crippen molar-refractivity contribution in [1.82, 2.24) is 9.88 Å². The van der Waals surface area contributed by atoms with Crippen LogP contribution in [0, 0.1) is 5.82 Å². The molecule has 0 radical (unpaired) electrons. The molecule has 1 N–H and O–H groups in total. The van der Waals surface area contributed by atoms with Crippen LogP contribution in [-0.2, 0) is 0 Å². The molecule has 0 fully saturated rings. The topological polar surface area (TPSA) is 45.2 Å². The van der Waals surface area contributed by atoms with Gasteiger partial charge in [-0.05, 0) is 30.5 Å². The van der Waals surface area contributed by atoms with E-state index in [0.29, 0.717) is 0 Å². The van der Waals surface area contributed by atoms with Gasteiger partial charge in [0.05, 0.1) is 11.4 Å². The molecule has 1 unspecified atom stereocenters. The van der Waals surface area contributed by atoms with Crippen LogP contribution in [0.15, 0.2) is 48.7 Å². The van der Waals surface area contributed by atoms with E-state index >= 15 is 0 Å². The third kappa shape index (κ3) is 3.72. The van der Waals surface area contributed by atoms with Crippen LogP contribution in [0.5, 0.6) is 0 Å². The maximum atomic E-state index is 13.6. The molecule has 2 aromatic rings. The van der Waals surface area contributed by atoms with Crippen molar-refractivity contribution in [3.05, 3.63) is 60.2 Å². The summed E-state index contributed by atoms with van der Waals surface area (Å²) in [5.74, 6) is -0.460. The van der Waals surface area contributed by atoms with Gasteiger partial charge in [-0.2, -0.15) is 0 Å². The van der Waals surface area contributed by atoms with Gasteiger partial charge in [0, 0.05) is 13.2 Å². The van der Waals surface area contributed by atoms with Crippen molar-refractivity contribution in [1.29, 1.82) is 0 Å². The number of urea groups is 1. The van der Waals surface area contributed by atoms with Gasteiger partial charge in [-0.1, -0.05) is 18.2 Å². The number of halogens is 1. The maximum Gasteiger partial charge on any atom is 0.322 e. The molecule has 1 heterocycles. The van der Waals surface area contributed by atoms with Crippen LogP contribution >= 0.6 is 11.8 Å². The van der Waals surface area contributed by atoms with E-state index in [2.05, 4.69) is 10.3 Å². The van der Waals surface area contributed by atoms with Gasteiger partial charge in [-0.3, -0.25) is 4.98 Å². The molecule has 4 nitrogen and oxygen atoms in total. The van der Waals surface area contributed by atoms with Crippen LogP contribution in [0.25, 0.3) is 0 Å². The zero-order valence-electron chi connectivity index (χ0n) is 11.8. The maximum absolute atomic E-state index is 13.6. The normalized spacial score (nSPS) is 11.8. The molecule has 110 valence electrons. The molecule has 0 spiro atoms. The van der Waals surface area contributed by atoms with E-state index in [-0.39, 0.29) is 17.1 Å². The summed E-state index contributed by atoms with van der Waals surface area (Å²) in [4.78, 5) is 18.0. The highest BCUT2D eigenvalue weighted by Gasteiger charge is 2.22. The molecule has 21 heavy (non-hydrogen) atoms. The molecule has 0 saturated heterocycles. The lowest BCUT2D eigenvalue weighted by Crippen LogP contribution is -2.34. The number of nitrogens with zero attached hydrogens (tertiary/aromatic N) is 2. The molecular formula is C15H16FN3OS. The largest absolute Gasteiger partial charge is 0.322 e. The van der Waals surface area contributed by atoms with Gasteiger partial charge < -0.3 is 10.2 Å². The van der Waals surface area contributed by atoms with Crippen LogP contribution in [-0.4, -0.2) is 29.2 Å². The number of nitrogens with one attached hydrogen (secondary N) is 1. The Bertz CT molecular complexity index is 609. The van der Waals surface area contributed by atoms with Gasteiger partial charge in [0.25, 0.3) is 0 Å². The molecular weight excluding hydrogens is 289 g/mol. The number of hydrogen-bond acceptors (Lipinski definition) is 3. The molecule has 6 heteroatoms. The summed E-state index contributed by atoms with van der Waals surface area (Å²) in [5, 5.41) is 2.33. The highest BCUT2D eigenvalue weighted by Crippen LogP contribution is 2.28. The Labute approximate surface area is 127 Å². The summed E-state index contributed by atoms with van der Waals surface area (Å²) in [7, 11) is 1.66. The highest BCUT2D eigenvalue weighted by molar-refractivity contribution is 7.98. The van der Waals surface area contributed by atoms with Crippen molar-refractivity contribution in [3.63, 3.8) is 0 Å². The number of benzene rings is 1. The van der Waals surface area contributed by atoms with Crippen LogP contribution in [0.1, 0.15) is 11.1 Å². The van der Waals surface area contributed by atoms with Crippen molar-refractivity contribution in [2.45, 2.75) is 5.37 Å². The Balaban J connectivity index is 2.13. The third-order valence-electron chi connectivity index (χ3n) is 2.95. The fourth-order valence-corrected chi connectivity index (χ4v) is 2.66. The number of para-hydroxylation sites is 1. The first-order chi connectivity index (χ1) is 10.1. The second-order valence-corrected chi connectivity index (χ2v) is 5.28. The van der Waals surface area contributed by atoms with E-state index in [4.69, 9.17) is 0 Å². The number of anilines is 1. The monoisotopic (exact) mass is 305 g/mol. The number of carbonyl (C=O) groups excluding carboxylic acids is 1. The molecule has 0 saturated carbocycles. The first kappa shape index (κ1) is 15.3. The number of hydrogen-bond donors (Lipinski definition) is 1. The first-order valence-corrected chi connectivity index (χ1v) is 7.64. The van der Waals surface area contributed by atoms with Crippen molar-refractivity contribution < 1.29 is 9.18 Å². The summed E-state index contributed by atoms with van der Waals surface area (Å²) in [6.45, 7) is 0. The van der Waals surface area contributed by atoms with Crippen molar-refractivity contribution in [2.75, 3.05) is 18.6 Å². The Morgan fingerprint density at radius 3 is 2.62 bits per heavy atom. The summed E-state index contributed by atoms with van der Waals surface area (Å²) in [6, 6.07) is 11.2. The van der Waals surface area contributed by atoms with Crippen LogP contribution in [0.3, 0.4) is 0 Å². The first-order valence-electron chi connectivity index (χ1n) is 6.35. The molecule has 0 aliphatic heterocycles. The lowest BCUT2D eigenvalue weighted by molar-refractivity contribution is 0.218. The predicted octanol–water partition coefficient (Wildman–Crippen LogP) is 3.75. The average Bonchev–Trinajstić information content (AvgIpc) is 2.51. The second-order valence-electron chi connectivity index (χ2n) is 4.36. The standard InChI is InChI=1S/C15H16FN3OS/c1-19(14(21-2)13-9-5-6-10-17-13)15(20)18-12-8-4-3-7-11(12)16/h3-10,14H,1-2H3,(H,18,20). The molecule has 0 aliphatic carbocycles. The van der Waals surface area contributed by atoms with E-state index in [1.54, 1.807) is 25.4 Å². The number of carbonyl (C=O) groups is 1. The Kier molecular flexibility index (Phi) is 5.16. The summed E-state index contributed by atoms with van der Waals surface area (Å²) in [6.07, 6.45) is 3.58. The minimum absolute atomic E-state index is 0.162. The lowest BCUT2D eigenvalue weighted by atomic mass is 10.3. The molecule has 2 amide bonds. The van der Waals surface area contributed by atoms with E-state index in [1.807, 2.05) is 24.5 Å². The Morgan fingerprint density at radius 2 is 2.00 bits per heavy atom. The minimum atomic E-state index is -0.460. The number of aromatic nitrogens is 1. The van der Waals surface area contributed by atoms with Gasteiger partial charge in [0.15, 0.2) is 0 Å². The Morgan fingerprint density at radius 1 is 1.29 bits per heavy atom. The molecule has 1 aromatic heterocycles. The number of thioether (sulfide) groups is 1. The number of rotatable bonds is 4. The van der Waals surface area contributed by atoms with Gasteiger partial charge in [-0.25, -0.2) is 9.18 Å². The van der Waals surface area contributed by atoms with Crippen LogP contribution in [0.2, 0.25) is 0 Å². The van der Waals surface area contributed by atoms with Crippen molar-refractivity contribution in [3.8, 4) is 0 Å². The minimum Gasteiger partial charge on any atom is -0.310 e. The summed E-state index contributed by atoms with van der Waals surface area (Å²) in [5.41, 5.74) is 0.936. The van der Waals surface area contributed by atoms with Crippen LogP contribution in [0.4, 0.5) is 14.9 Å². The second kappa shape index (κ2) is 7.08. The fourth-order valence-electron chi connectivity index (χ4n) is 1.87. The smallest absolute Gasteiger partial charge is 0.310 e. The SMILES string of the molecule is CSC(c1ccccn1)N(C)C(=O)Nc1ccccc1F. The van der Waals surface area contributed by atoms with Crippen LogP contribution < -0.4 is 5.32 Å². The number of amides is 2. The van der Waals surface area contributed by atoms with E-state index < -0.39 is 5.82 Å². The van der Waals surface area contributed by atoms with E-state index in [0.717, 1.165) is 5.69 Å². The molecule has 1 atom stereocenters. The van der Waals surface area contributed by atoms with Gasteiger partial charge in [0.2, 0.25) is 0 Å². The zero-order valence-corrected chi connectivity index (χ0v) is 12.6. The van der Waals surface area contributed by atoms with Crippen molar-refractivity contribution >= 4 is 23.5 Å². The lowest BCUT2D eigenvalue weighted by Gasteiger charge is -2.26.